The van der Waals surface area contributed by atoms with E-state index in [2.05, 4.69) is 50.7 Å². The maximum atomic E-state index is 5.89. The van der Waals surface area contributed by atoms with E-state index in [1.165, 1.54) is 5.56 Å². The fourth-order valence-electron chi connectivity index (χ4n) is 2.61. The molecule has 6 heteroatoms. The summed E-state index contributed by atoms with van der Waals surface area (Å²) in [7, 11) is 4.11. The first-order chi connectivity index (χ1) is 10.2. The number of imidazole rings is 1. The Hall–Kier alpha value is -1.21. The molecule has 1 atom stereocenters. The van der Waals surface area contributed by atoms with Gasteiger partial charge in [0.2, 0.25) is 0 Å². The maximum Gasteiger partial charge on any atom is 0.136 e. The van der Waals surface area contributed by atoms with Gasteiger partial charge in [0.05, 0.1) is 6.61 Å². The Kier molecular flexibility index (Phi) is 4.70. The summed E-state index contributed by atoms with van der Waals surface area (Å²) in [5.74, 6) is 0.946. The highest BCUT2D eigenvalue weighted by Crippen LogP contribution is 2.21. The molecule has 1 fully saturated rings. The Bertz CT molecular complexity index is 552. The molecule has 1 N–H and O–H groups in total. The standard InChI is InChI=1S/C15H22N4OS/c1-18(2)9-13-7-16-15(17-13)14-10-19(4-5-20-14)8-12-3-6-21-11-12/h3,6-7,11,14H,4-5,8-10H2,1-2H3,(H,16,17)/t14-/m1/s1. The number of thiophene rings is 1. The molecule has 1 saturated heterocycles. The van der Waals surface area contributed by atoms with Gasteiger partial charge in [-0.2, -0.15) is 11.3 Å². The Morgan fingerprint density at radius 3 is 3.19 bits per heavy atom. The number of H-pyrrole nitrogens is 1. The zero-order valence-corrected chi connectivity index (χ0v) is 13.4. The van der Waals surface area contributed by atoms with Crippen LogP contribution in [0.5, 0.6) is 0 Å². The van der Waals surface area contributed by atoms with Crippen LogP contribution in [0.1, 0.15) is 23.2 Å². The predicted octanol–water partition coefficient (Wildman–Crippen LogP) is 2.11. The SMILES string of the molecule is CN(C)Cc1cnc([C@H]2CN(Cc3ccsc3)CCO2)[nH]1. The van der Waals surface area contributed by atoms with Crippen molar-refractivity contribution >= 4 is 11.3 Å². The van der Waals surface area contributed by atoms with E-state index in [1.807, 2.05) is 6.20 Å². The molecule has 21 heavy (non-hydrogen) atoms. The first kappa shape index (κ1) is 14.7. The number of rotatable bonds is 5. The average Bonchev–Trinajstić information content (AvgIpc) is 3.10. The lowest BCUT2D eigenvalue weighted by molar-refractivity contribution is -0.0368. The van der Waals surface area contributed by atoms with E-state index in [1.54, 1.807) is 11.3 Å². The minimum Gasteiger partial charge on any atom is -0.368 e. The molecule has 5 nitrogen and oxygen atoms in total. The summed E-state index contributed by atoms with van der Waals surface area (Å²) in [6, 6.07) is 2.19. The van der Waals surface area contributed by atoms with E-state index in [0.29, 0.717) is 0 Å². The van der Waals surface area contributed by atoms with Crippen molar-refractivity contribution < 1.29 is 4.74 Å². The lowest BCUT2D eigenvalue weighted by Crippen LogP contribution is -2.38. The Morgan fingerprint density at radius 2 is 2.43 bits per heavy atom. The summed E-state index contributed by atoms with van der Waals surface area (Å²) in [5.41, 5.74) is 2.52. The second-order valence-electron chi connectivity index (χ2n) is 5.76. The second kappa shape index (κ2) is 6.70. The van der Waals surface area contributed by atoms with Gasteiger partial charge in [-0.1, -0.05) is 0 Å². The van der Waals surface area contributed by atoms with Crippen molar-refractivity contribution in [1.29, 1.82) is 0 Å². The lowest BCUT2D eigenvalue weighted by Gasteiger charge is -2.31. The molecule has 0 aromatic carbocycles. The zero-order chi connectivity index (χ0) is 14.7. The molecule has 3 rings (SSSR count). The molecular weight excluding hydrogens is 284 g/mol. The largest absolute Gasteiger partial charge is 0.368 e. The minimum atomic E-state index is 0.0493. The van der Waals surface area contributed by atoms with Crippen molar-refractivity contribution in [3.05, 3.63) is 40.1 Å². The van der Waals surface area contributed by atoms with Gasteiger partial charge >= 0.3 is 0 Å². The highest BCUT2D eigenvalue weighted by Gasteiger charge is 2.24. The van der Waals surface area contributed by atoms with Gasteiger partial charge in [-0.3, -0.25) is 4.90 Å². The molecular formula is C15H22N4OS. The number of nitrogens with one attached hydrogen (secondary N) is 1. The molecule has 0 saturated carbocycles. The van der Waals surface area contributed by atoms with E-state index in [9.17, 15) is 0 Å². The van der Waals surface area contributed by atoms with Crippen LogP contribution in [0.2, 0.25) is 0 Å². The number of ether oxygens (including phenoxy) is 1. The molecule has 0 bridgehead atoms. The second-order valence-corrected chi connectivity index (χ2v) is 6.54. The zero-order valence-electron chi connectivity index (χ0n) is 12.6. The molecule has 0 radical (unpaired) electrons. The van der Waals surface area contributed by atoms with Crippen LogP contribution in [0.3, 0.4) is 0 Å². The number of morpholine rings is 1. The van der Waals surface area contributed by atoms with E-state index in [0.717, 1.165) is 44.3 Å². The Labute approximate surface area is 129 Å². The number of nitrogens with zero attached hydrogens (tertiary/aromatic N) is 3. The van der Waals surface area contributed by atoms with Crippen molar-refractivity contribution in [1.82, 2.24) is 19.8 Å². The Morgan fingerprint density at radius 1 is 1.52 bits per heavy atom. The fraction of sp³-hybridized carbons (Fsp3) is 0.533. The summed E-state index contributed by atoms with van der Waals surface area (Å²) < 4.78 is 5.89. The molecule has 0 aliphatic carbocycles. The van der Waals surface area contributed by atoms with Gasteiger partial charge in [0.1, 0.15) is 11.9 Å². The van der Waals surface area contributed by atoms with Crippen LogP contribution in [0.25, 0.3) is 0 Å². The monoisotopic (exact) mass is 306 g/mol. The van der Waals surface area contributed by atoms with Crippen LogP contribution >= 0.6 is 11.3 Å². The summed E-state index contributed by atoms with van der Waals surface area (Å²) in [6.07, 6.45) is 1.96. The quantitative estimate of drug-likeness (QED) is 0.919. The summed E-state index contributed by atoms with van der Waals surface area (Å²) in [5, 5.41) is 4.35. The number of hydrogen-bond acceptors (Lipinski definition) is 5. The van der Waals surface area contributed by atoms with Crippen molar-refractivity contribution in [2.45, 2.75) is 19.2 Å². The molecule has 2 aromatic heterocycles. The molecule has 1 aliphatic rings. The van der Waals surface area contributed by atoms with Gasteiger partial charge in [-0.15, -0.1) is 0 Å². The van der Waals surface area contributed by atoms with Crippen LogP contribution < -0.4 is 0 Å². The summed E-state index contributed by atoms with van der Waals surface area (Å²) >= 11 is 1.75. The van der Waals surface area contributed by atoms with Crippen LogP contribution in [0, 0.1) is 0 Å². The molecule has 0 spiro atoms. The van der Waals surface area contributed by atoms with Crippen molar-refractivity contribution in [3.63, 3.8) is 0 Å². The van der Waals surface area contributed by atoms with Crippen LogP contribution in [-0.4, -0.2) is 53.6 Å². The normalized spacial score (nSPS) is 20.2. The van der Waals surface area contributed by atoms with E-state index in [-0.39, 0.29) is 6.10 Å². The first-order valence-electron chi connectivity index (χ1n) is 7.24. The fourth-order valence-corrected chi connectivity index (χ4v) is 3.27. The van der Waals surface area contributed by atoms with Gasteiger partial charge in [0.15, 0.2) is 0 Å². The van der Waals surface area contributed by atoms with E-state index >= 15 is 0 Å². The molecule has 1 aliphatic heterocycles. The van der Waals surface area contributed by atoms with Gasteiger partial charge in [-0.25, -0.2) is 4.98 Å². The molecule has 0 unspecified atom stereocenters. The van der Waals surface area contributed by atoms with Crippen LogP contribution in [0.15, 0.2) is 23.0 Å². The third-order valence-electron chi connectivity index (χ3n) is 3.58. The van der Waals surface area contributed by atoms with E-state index in [4.69, 9.17) is 4.74 Å². The van der Waals surface area contributed by atoms with Gasteiger partial charge in [0, 0.05) is 38.1 Å². The van der Waals surface area contributed by atoms with Crippen LogP contribution in [-0.2, 0) is 17.8 Å². The van der Waals surface area contributed by atoms with Gasteiger partial charge in [0.25, 0.3) is 0 Å². The van der Waals surface area contributed by atoms with Crippen molar-refractivity contribution in [2.75, 3.05) is 33.8 Å². The minimum absolute atomic E-state index is 0.0493. The summed E-state index contributed by atoms with van der Waals surface area (Å²) in [4.78, 5) is 12.4. The van der Waals surface area contributed by atoms with Crippen LogP contribution in [0.4, 0.5) is 0 Å². The van der Waals surface area contributed by atoms with Crippen molar-refractivity contribution in [2.24, 2.45) is 0 Å². The lowest BCUT2D eigenvalue weighted by atomic mass is 10.2. The maximum absolute atomic E-state index is 5.89. The third kappa shape index (κ3) is 3.91. The molecule has 114 valence electrons. The van der Waals surface area contributed by atoms with Gasteiger partial charge < -0.3 is 14.6 Å². The number of aromatic nitrogens is 2. The summed E-state index contributed by atoms with van der Waals surface area (Å²) in [6.45, 7) is 4.51. The predicted molar refractivity (Wildman–Crippen MR) is 84.3 cm³/mol. The molecule has 0 amide bonds. The average molecular weight is 306 g/mol. The molecule has 3 heterocycles. The first-order valence-corrected chi connectivity index (χ1v) is 8.18. The highest BCUT2D eigenvalue weighted by atomic mass is 32.1. The van der Waals surface area contributed by atoms with E-state index < -0.39 is 0 Å². The topological polar surface area (TPSA) is 44.4 Å². The van der Waals surface area contributed by atoms with Gasteiger partial charge in [-0.05, 0) is 36.5 Å². The smallest absolute Gasteiger partial charge is 0.136 e. The Balaban J connectivity index is 1.61. The number of aromatic amines is 1. The number of hydrogen-bond donors (Lipinski definition) is 1. The van der Waals surface area contributed by atoms with Crippen molar-refractivity contribution in [3.8, 4) is 0 Å². The third-order valence-corrected chi connectivity index (χ3v) is 4.31. The molecule has 2 aromatic rings. The highest BCUT2D eigenvalue weighted by molar-refractivity contribution is 7.07.